The van der Waals surface area contributed by atoms with Crippen molar-refractivity contribution in [2.24, 2.45) is 0 Å². The Hall–Kier alpha value is -3.47. The summed E-state index contributed by atoms with van der Waals surface area (Å²) < 4.78 is 44.6. The quantitative estimate of drug-likeness (QED) is 0.436. The molecule has 4 rings (SSSR count). The number of halogens is 3. The average molecular weight is 575 g/mol. The van der Waals surface area contributed by atoms with E-state index in [1.54, 1.807) is 4.90 Å². The van der Waals surface area contributed by atoms with E-state index in [9.17, 15) is 27.6 Å². The summed E-state index contributed by atoms with van der Waals surface area (Å²) in [5, 5.41) is 0. The number of ether oxygens (including phenoxy) is 1. The minimum absolute atomic E-state index is 0.162. The highest BCUT2D eigenvalue weighted by atomic mass is 19.4. The molecule has 222 valence electrons. The van der Waals surface area contributed by atoms with Gasteiger partial charge in [-0.05, 0) is 74.4 Å². The molecule has 2 fully saturated rings. The zero-order valence-electron chi connectivity index (χ0n) is 24.0. The molecule has 2 aromatic rings. The van der Waals surface area contributed by atoms with Crippen LogP contribution in [0.15, 0.2) is 30.5 Å². The predicted octanol–water partition coefficient (Wildman–Crippen LogP) is 4.93. The van der Waals surface area contributed by atoms with Crippen molar-refractivity contribution in [1.29, 1.82) is 0 Å². The van der Waals surface area contributed by atoms with E-state index in [0.717, 1.165) is 48.4 Å². The maximum absolute atomic E-state index is 13.1. The van der Waals surface area contributed by atoms with Crippen molar-refractivity contribution in [3.8, 4) is 5.75 Å². The summed E-state index contributed by atoms with van der Waals surface area (Å²) >= 11 is 0. The third-order valence-electron chi connectivity index (χ3n) is 8.21. The van der Waals surface area contributed by atoms with Gasteiger partial charge in [0.05, 0.1) is 12.2 Å². The molecule has 1 aromatic carbocycles. The number of benzene rings is 1. The summed E-state index contributed by atoms with van der Waals surface area (Å²) in [4.78, 5) is 45.1. The molecule has 41 heavy (non-hydrogen) atoms. The summed E-state index contributed by atoms with van der Waals surface area (Å²) in [7, 11) is 0. The molecule has 0 bridgehead atoms. The number of alkyl halides is 3. The number of carbonyl (C=O) groups is 3. The number of hydrogen-bond acceptors (Lipinski definition) is 6. The highest BCUT2D eigenvalue weighted by Gasteiger charge is 2.38. The lowest BCUT2D eigenvalue weighted by Gasteiger charge is -2.48. The van der Waals surface area contributed by atoms with Gasteiger partial charge in [0.2, 0.25) is 11.8 Å². The number of amides is 3. The molecule has 2 atom stereocenters. The average Bonchev–Trinajstić information content (AvgIpc) is 2.93. The first-order valence-electron chi connectivity index (χ1n) is 14.0. The Morgan fingerprint density at radius 1 is 1.02 bits per heavy atom. The second-order valence-corrected chi connectivity index (χ2v) is 10.8. The molecule has 11 heteroatoms. The van der Waals surface area contributed by atoms with Crippen molar-refractivity contribution in [2.75, 3.05) is 32.8 Å². The van der Waals surface area contributed by atoms with E-state index in [-0.39, 0.29) is 35.4 Å². The largest absolute Gasteiger partial charge is 0.493 e. The molecule has 0 radical (unpaired) electrons. The number of piperidine rings is 1. The lowest BCUT2D eigenvalue weighted by molar-refractivity contribution is -0.142. The van der Waals surface area contributed by atoms with Gasteiger partial charge in [0.1, 0.15) is 11.4 Å². The van der Waals surface area contributed by atoms with Gasteiger partial charge in [-0.1, -0.05) is 6.07 Å². The lowest BCUT2D eigenvalue weighted by Crippen LogP contribution is -2.57. The highest BCUT2D eigenvalue weighted by molar-refractivity contribution is 5.94. The van der Waals surface area contributed by atoms with Crippen LogP contribution in [0.2, 0.25) is 0 Å². The first-order valence-corrected chi connectivity index (χ1v) is 14.0. The van der Waals surface area contributed by atoms with E-state index in [2.05, 4.69) is 22.9 Å². The third-order valence-corrected chi connectivity index (χ3v) is 8.21. The summed E-state index contributed by atoms with van der Waals surface area (Å²) in [6.45, 7) is 9.25. The fourth-order valence-corrected chi connectivity index (χ4v) is 5.91. The molecule has 3 heterocycles. The zero-order valence-corrected chi connectivity index (χ0v) is 24.0. The van der Waals surface area contributed by atoms with Crippen LogP contribution >= 0.6 is 0 Å². The van der Waals surface area contributed by atoms with Gasteiger partial charge in [0, 0.05) is 58.3 Å². The third kappa shape index (κ3) is 6.89. The second kappa shape index (κ2) is 12.6. The Morgan fingerprint density at radius 2 is 1.76 bits per heavy atom. The smallest absolute Gasteiger partial charge is 0.433 e. The number of pyridine rings is 1. The SMILES string of the molecule is CC(=O)N(CCCOc1ccc(C2CCCC3CN(C(=O)c4ccc(C(F)(F)F)nc4)CCN32)c(C)c1C)C(C)=O. The van der Waals surface area contributed by atoms with Gasteiger partial charge in [-0.25, -0.2) is 0 Å². The summed E-state index contributed by atoms with van der Waals surface area (Å²) in [5.74, 6) is -0.0736. The number of carbonyl (C=O) groups excluding carboxylic acids is 3. The van der Waals surface area contributed by atoms with E-state index < -0.39 is 11.9 Å². The Bertz CT molecular complexity index is 1270. The van der Waals surface area contributed by atoms with Gasteiger partial charge < -0.3 is 9.64 Å². The zero-order chi connectivity index (χ0) is 29.9. The Labute approximate surface area is 238 Å². The maximum atomic E-state index is 13.1. The standard InChI is InChI=1S/C30H37F3N4O4/c1-19-20(2)27(41-16-6-13-36(21(3)38)22(4)39)11-10-25(19)26-8-5-7-24-18-35(14-15-37(24)26)29(40)23-9-12-28(34-17-23)30(31,32)33/h9-12,17,24,26H,5-8,13-16,18H2,1-4H3. The van der Waals surface area contributed by atoms with Crippen molar-refractivity contribution in [1.82, 2.24) is 19.7 Å². The van der Waals surface area contributed by atoms with Gasteiger partial charge in [-0.2, -0.15) is 13.2 Å². The number of fused-ring (bicyclic) bond motifs is 1. The molecule has 2 saturated heterocycles. The fraction of sp³-hybridized carbons (Fsp3) is 0.533. The molecule has 2 unspecified atom stereocenters. The van der Waals surface area contributed by atoms with Crippen LogP contribution in [0.1, 0.15) is 78.3 Å². The first kappa shape index (κ1) is 30.5. The molecular formula is C30H37F3N4O4. The van der Waals surface area contributed by atoms with Crippen LogP contribution in [-0.2, 0) is 15.8 Å². The van der Waals surface area contributed by atoms with Gasteiger partial charge in [0.25, 0.3) is 5.91 Å². The number of hydrogen-bond donors (Lipinski definition) is 0. The Balaban J connectivity index is 1.39. The fourth-order valence-electron chi connectivity index (χ4n) is 5.91. The summed E-state index contributed by atoms with van der Waals surface area (Å²) in [6, 6.07) is 6.50. The van der Waals surface area contributed by atoms with Crippen molar-refractivity contribution in [2.45, 2.75) is 71.6 Å². The van der Waals surface area contributed by atoms with E-state index >= 15 is 0 Å². The van der Waals surface area contributed by atoms with Crippen LogP contribution in [0.5, 0.6) is 5.75 Å². The molecule has 0 aliphatic carbocycles. The molecular weight excluding hydrogens is 537 g/mol. The molecule has 1 aromatic heterocycles. The maximum Gasteiger partial charge on any atom is 0.433 e. The van der Waals surface area contributed by atoms with Crippen molar-refractivity contribution < 1.29 is 32.3 Å². The Morgan fingerprint density at radius 3 is 2.39 bits per heavy atom. The van der Waals surface area contributed by atoms with Gasteiger partial charge in [-0.15, -0.1) is 0 Å². The van der Waals surface area contributed by atoms with E-state index in [1.165, 1.54) is 30.4 Å². The lowest BCUT2D eigenvalue weighted by atomic mass is 9.86. The number of imide groups is 1. The topological polar surface area (TPSA) is 83.1 Å². The van der Waals surface area contributed by atoms with Gasteiger partial charge >= 0.3 is 6.18 Å². The highest BCUT2D eigenvalue weighted by Crippen LogP contribution is 2.39. The van der Waals surface area contributed by atoms with Crippen molar-refractivity contribution >= 4 is 17.7 Å². The molecule has 3 amide bonds. The molecule has 0 spiro atoms. The van der Waals surface area contributed by atoms with Gasteiger partial charge in [-0.3, -0.25) is 29.2 Å². The molecule has 2 aliphatic rings. The first-order chi connectivity index (χ1) is 19.4. The molecule has 2 aliphatic heterocycles. The van der Waals surface area contributed by atoms with E-state index in [1.807, 2.05) is 13.0 Å². The van der Waals surface area contributed by atoms with Crippen LogP contribution in [-0.4, -0.2) is 76.2 Å². The number of nitrogens with zero attached hydrogens (tertiary/aromatic N) is 4. The normalized spacial score (nSPS) is 19.4. The van der Waals surface area contributed by atoms with Gasteiger partial charge in [0.15, 0.2) is 0 Å². The minimum atomic E-state index is -4.54. The van der Waals surface area contributed by atoms with Crippen LogP contribution in [0.3, 0.4) is 0 Å². The van der Waals surface area contributed by atoms with Crippen LogP contribution in [0.4, 0.5) is 13.2 Å². The number of aromatic nitrogens is 1. The second-order valence-electron chi connectivity index (χ2n) is 10.8. The monoisotopic (exact) mass is 574 g/mol. The number of piperazine rings is 1. The molecule has 0 saturated carbocycles. The van der Waals surface area contributed by atoms with Crippen LogP contribution in [0.25, 0.3) is 0 Å². The minimum Gasteiger partial charge on any atom is -0.493 e. The van der Waals surface area contributed by atoms with Crippen molar-refractivity contribution in [3.63, 3.8) is 0 Å². The summed E-state index contributed by atoms with van der Waals surface area (Å²) in [6.07, 6.45) is -0.0360. The predicted molar refractivity (Wildman–Crippen MR) is 146 cm³/mol. The van der Waals surface area contributed by atoms with E-state index in [4.69, 9.17) is 4.74 Å². The van der Waals surface area contributed by atoms with Crippen LogP contribution < -0.4 is 4.74 Å². The van der Waals surface area contributed by atoms with E-state index in [0.29, 0.717) is 39.2 Å². The summed E-state index contributed by atoms with van der Waals surface area (Å²) in [5.41, 5.74) is 2.57. The Kier molecular flexibility index (Phi) is 9.36. The van der Waals surface area contributed by atoms with Crippen LogP contribution in [0, 0.1) is 13.8 Å². The van der Waals surface area contributed by atoms with Crippen molar-refractivity contribution in [3.05, 3.63) is 58.4 Å². The number of rotatable bonds is 7. The molecule has 8 nitrogen and oxygen atoms in total. The molecule has 0 N–H and O–H groups in total.